The fraction of sp³-hybridized carbons (Fsp3) is 0.538. The molecular formula is C13H17ClN2O2. The molecule has 0 aromatic carbocycles. The van der Waals surface area contributed by atoms with E-state index in [4.69, 9.17) is 11.6 Å². The zero-order chi connectivity index (χ0) is 13.0. The number of aromatic amines is 1. The Hall–Kier alpha value is -1.29. The molecule has 0 saturated carbocycles. The maximum Gasteiger partial charge on any atom is 0.259 e. The molecule has 1 aromatic heterocycles. The molecule has 4 nitrogen and oxygen atoms in total. The number of piperidine rings is 1. The van der Waals surface area contributed by atoms with Crippen LogP contribution in [-0.2, 0) is 0 Å². The zero-order valence-corrected chi connectivity index (χ0v) is 10.9. The molecule has 18 heavy (non-hydrogen) atoms. The molecule has 1 saturated heterocycles. The van der Waals surface area contributed by atoms with Gasteiger partial charge in [-0.25, -0.2) is 0 Å². The van der Waals surface area contributed by atoms with Gasteiger partial charge in [0.05, 0.1) is 0 Å². The quantitative estimate of drug-likeness (QED) is 0.853. The number of nitrogens with one attached hydrogen (secondary N) is 1. The Balaban J connectivity index is 2.21. The fourth-order valence-corrected chi connectivity index (χ4v) is 2.68. The first-order chi connectivity index (χ1) is 8.74. The SMILES string of the molecule is O=C(c1c[nH]ccc1=O)N1CCCCC1CCCl. The molecule has 1 aliphatic rings. The highest BCUT2D eigenvalue weighted by molar-refractivity contribution is 6.17. The Bertz CT molecular complexity index is 470. The molecule has 0 aliphatic carbocycles. The van der Waals surface area contributed by atoms with Crippen LogP contribution in [0.15, 0.2) is 23.3 Å². The van der Waals surface area contributed by atoms with Gasteiger partial charge in [0.15, 0.2) is 5.43 Å². The van der Waals surface area contributed by atoms with Crippen molar-refractivity contribution >= 4 is 17.5 Å². The lowest BCUT2D eigenvalue weighted by Gasteiger charge is -2.35. The number of pyridine rings is 1. The second kappa shape index (κ2) is 6.05. The number of hydrogen-bond donors (Lipinski definition) is 1. The minimum Gasteiger partial charge on any atom is -0.367 e. The first-order valence-corrected chi connectivity index (χ1v) is 6.81. The summed E-state index contributed by atoms with van der Waals surface area (Å²) in [7, 11) is 0. The van der Waals surface area contributed by atoms with Crippen LogP contribution in [0.3, 0.4) is 0 Å². The Morgan fingerprint density at radius 3 is 3.06 bits per heavy atom. The zero-order valence-electron chi connectivity index (χ0n) is 10.2. The van der Waals surface area contributed by atoms with E-state index in [0.29, 0.717) is 12.4 Å². The van der Waals surface area contributed by atoms with Crippen molar-refractivity contribution in [3.8, 4) is 0 Å². The van der Waals surface area contributed by atoms with Gasteiger partial charge in [-0.15, -0.1) is 11.6 Å². The number of likely N-dealkylation sites (tertiary alicyclic amines) is 1. The van der Waals surface area contributed by atoms with E-state index in [2.05, 4.69) is 4.98 Å². The molecule has 1 N–H and O–H groups in total. The van der Waals surface area contributed by atoms with Gasteiger partial charge in [-0.3, -0.25) is 9.59 Å². The summed E-state index contributed by atoms with van der Waals surface area (Å²) in [6, 6.07) is 1.55. The molecule has 1 aliphatic heterocycles. The molecule has 1 aromatic rings. The fourth-order valence-electron chi connectivity index (χ4n) is 2.43. The number of nitrogens with zero attached hydrogens (tertiary/aromatic N) is 1. The van der Waals surface area contributed by atoms with Crippen LogP contribution in [-0.4, -0.2) is 34.3 Å². The minimum absolute atomic E-state index is 0.170. The smallest absolute Gasteiger partial charge is 0.259 e. The average Bonchev–Trinajstić information content (AvgIpc) is 2.40. The van der Waals surface area contributed by atoms with Crippen LogP contribution in [0.4, 0.5) is 0 Å². The van der Waals surface area contributed by atoms with Crippen molar-refractivity contribution in [2.24, 2.45) is 0 Å². The number of carbonyl (C=O) groups excluding carboxylic acids is 1. The second-order valence-corrected chi connectivity index (χ2v) is 4.93. The number of carbonyl (C=O) groups is 1. The van der Waals surface area contributed by atoms with E-state index in [0.717, 1.165) is 25.7 Å². The summed E-state index contributed by atoms with van der Waals surface area (Å²) < 4.78 is 0. The Labute approximate surface area is 111 Å². The first-order valence-electron chi connectivity index (χ1n) is 6.28. The topological polar surface area (TPSA) is 53.2 Å². The van der Waals surface area contributed by atoms with Gasteiger partial charge in [-0.05, 0) is 25.7 Å². The summed E-state index contributed by atoms with van der Waals surface area (Å²) in [5.74, 6) is 0.367. The molecule has 1 fully saturated rings. The highest BCUT2D eigenvalue weighted by Crippen LogP contribution is 2.21. The van der Waals surface area contributed by atoms with Crippen LogP contribution in [0.2, 0.25) is 0 Å². The van der Waals surface area contributed by atoms with Gasteiger partial charge in [0, 0.05) is 36.9 Å². The van der Waals surface area contributed by atoms with Crippen LogP contribution < -0.4 is 5.43 Å². The molecule has 1 unspecified atom stereocenters. The normalized spacial score (nSPS) is 19.8. The standard InChI is InChI=1S/C13H17ClN2O2/c14-6-4-10-3-1-2-8-16(10)13(18)11-9-15-7-5-12(11)17/h5,7,9-10H,1-4,6,8H2,(H,15,17). The molecule has 1 amide bonds. The maximum atomic E-state index is 12.4. The Morgan fingerprint density at radius 1 is 1.50 bits per heavy atom. The van der Waals surface area contributed by atoms with Crippen molar-refractivity contribution in [1.29, 1.82) is 0 Å². The van der Waals surface area contributed by atoms with Crippen molar-refractivity contribution in [3.05, 3.63) is 34.2 Å². The van der Waals surface area contributed by atoms with Gasteiger partial charge >= 0.3 is 0 Å². The molecule has 0 radical (unpaired) electrons. The largest absolute Gasteiger partial charge is 0.367 e. The number of H-pyrrole nitrogens is 1. The van der Waals surface area contributed by atoms with Crippen molar-refractivity contribution < 1.29 is 4.79 Å². The van der Waals surface area contributed by atoms with E-state index in [-0.39, 0.29) is 22.9 Å². The van der Waals surface area contributed by atoms with E-state index in [1.54, 1.807) is 4.90 Å². The predicted molar refractivity (Wildman–Crippen MR) is 71.1 cm³/mol. The third kappa shape index (κ3) is 2.75. The lowest BCUT2D eigenvalue weighted by molar-refractivity contribution is 0.0607. The molecule has 0 bridgehead atoms. The molecule has 0 spiro atoms. The lowest BCUT2D eigenvalue weighted by atomic mass is 9.99. The Morgan fingerprint density at radius 2 is 2.33 bits per heavy atom. The number of halogens is 1. The van der Waals surface area contributed by atoms with Crippen LogP contribution in [0.25, 0.3) is 0 Å². The predicted octanol–water partition coefficient (Wildman–Crippen LogP) is 2.00. The number of aromatic nitrogens is 1. The van der Waals surface area contributed by atoms with Crippen LogP contribution >= 0.6 is 11.6 Å². The van der Waals surface area contributed by atoms with Crippen molar-refractivity contribution in [2.75, 3.05) is 12.4 Å². The van der Waals surface area contributed by atoms with Crippen LogP contribution in [0.5, 0.6) is 0 Å². The monoisotopic (exact) mass is 268 g/mol. The van der Waals surface area contributed by atoms with Gasteiger partial charge < -0.3 is 9.88 Å². The third-order valence-electron chi connectivity index (χ3n) is 3.38. The van der Waals surface area contributed by atoms with Gasteiger partial charge in [0.2, 0.25) is 0 Å². The van der Waals surface area contributed by atoms with Crippen molar-refractivity contribution in [1.82, 2.24) is 9.88 Å². The van der Waals surface area contributed by atoms with E-state index in [1.165, 1.54) is 18.5 Å². The molecular weight excluding hydrogens is 252 g/mol. The summed E-state index contributed by atoms with van der Waals surface area (Å²) in [6.45, 7) is 0.717. The highest BCUT2D eigenvalue weighted by Gasteiger charge is 2.27. The minimum atomic E-state index is -0.228. The van der Waals surface area contributed by atoms with Gasteiger partial charge in [0.1, 0.15) is 5.56 Å². The molecule has 1 atom stereocenters. The van der Waals surface area contributed by atoms with Crippen molar-refractivity contribution in [2.45, 2.75) is 31.7 Å². The van der Waals surface area contributed by atoms with E-state index < -0.39 is 0 Å². The summed E-state index contributed by atoms with van der Waals surface area (Å²) in [5, 5.41) is 0. The van der Waals surface area contributed by atoms with Crippen LogP contribution in [0.1, 0.15) is 36.0 Å². The summed E-state index contributed by atoms with van der Waals surface area (Å²) in [4.78, 5) is 28.6. The van der Waals surface area contributed by atoms with E-state index in [9.17, 15) is 9.59 Å². The van der Waals surface area contributed by atoms with Crippen LogP contribution in [0, 0.1) is 0 Å². The van der Waals surface area contributed by atoms with Gasteiger partial charge in [0.25, 0.3) is 5.91 Å². The maximum absolute atomic E-state index is 12.4. The molecule has 5 heteroatoms. The molecule has 2 heterocycles. The van der Waals surface area contributed by atoms with Crippen molar-refractivity contribution in [3.63, 3.8) is 0 Å². The second-order valence-electron chi connectivity index (χ2n) is 4.55. The lowest BCUT2D eigenvalue weighted by Crippen LogP contribution is -2.45. The number of alkyl halides is 1. The van der Waals surface area contributed by atoms with Gasteiger partial charge in [-0.1, -0.05) is 0 Å². The van der Waals surface area contributed by atoms with E-state index >= 15 is 0 Å². The first kappa shape index (κ1) is 13.1. The van der Waals surface area contributed by atoms with Gasteiger partial charge in [-0.2, -0.15) is 0 Å². The van der Waals surface area contributed by atoms with E-state index in [1.807, 2.05) is 0 Å². The number of hydrogen-bond acceptors (Lipinski definition) is 2. The average molecular weight is 269 g/mol. The highest BCUT2D eigenvalue weighted by atomic mass is 35.5. The third-order valence-corrected chi connectivity index (χ3v) is 3.60. The Kier molecular flexibility index (Phi) is 4.42. The molecule has 98 valence electrons. The number of amides is 1. The molecule has 2 rings (SSSR count). The number of rotatable bonds is 3. The summed E-state index contributed by atoms with van der Waals surface area (Å²) in [5.41, 5.74) is -0.00656. The summed E-state index contributed by atoms with van der Waals surface area (Å²) in [6.07, 6.45) is 6.90. The summed E-state index contributed by atoms with van der Waals surface area (Å²) >= 11 is 5.78.